The standard InChI is InChI=1S/C15H12F3NO/c1-10-7-8-12(14(20)15(16,17)18)13(9-10)19-11-5-3-2-4-6-11/h2-9,19H,1H3. The monoisotopic (exact) mass is 279 g/mol. The second-order valence-corrected chi connectivity index (χ2v) is 4.37. The zero-order chi connectivity index (χ0) is 14.8. The van der Waals surface area contributed by atoms with Crippen molar-refractivity contribution in [3.63, 3.8) is 0 Å². The summed E-state index contributed by atoms with van der Waals surface area (Å²) in [6.07, 6.45) is -4.89. The molecule has 0 aliphatic carbocycles. The number of carbonyl (C=O) groups is 1. The molecule has 2 aromatic carbocycles. The summed E-state index contributed by atoms with van der Waals surface area (Å²) < 4.78 is 37.7. The smallest absolute Gasteiger partial charge is 0.355 e. The van der Waals surface area contributed by atoms with Crippen LogP contribution in [0.1, 0.15) is 15.9 Å². The van der Waals surface area contributed by atoms with Crippen LogP contribution in [0.3, 0.4) is 0 Å². The van der Waals surface area contributed by atoms with E-state index >= 15 is 0 Å². The summed E-state index contributed by atoms with van der Waals surface area (Å²) in [5, 5.41) is 2.85. The Bertz CT molecular complexity index is 621. The van der Waals surface area contributed by atoms with Gasteiger partial charge in [0.2, 0.25) is 0 Å². The predicted molar refractivity (Wildman–Crippen MR) is 71.3 cm³/mol. The van der Waals surface area contributed by atoms with Crippen LogP contribution in [0.25, 0.3) is 0 Å². The van der Waals surface area contributed by atoms with Gasteiger partial charge in [0.1, 0.15) is 0 Å². The lowest BCUT2D eigenvalue weighted by Crippen LogP contribution is -2.23. The first-order chi connectivity index (χ1) is 9.38. The normalized spacial score (nSPS) is 11.2. The minimum absolute atomic E-state index is 0.151. The number of rotatable bonds is 3. The van der Waals surface area contributed by atoms with Gasteiger partial charge in [0.05, 0.1) is 5.56 Å². The Morgan fingerprint density at radius 3 is 2.30 bits per heavy atom. The van der Waals surface area contributed by atoms with Crippen molar-refractivity contribution in [3.05, 3.63) is 59.7 Å². The summed E-state index contributed by atoms with van der Waals surface area (Å²) in [4.78, 5) is 11.4. The molecule has 0 spiro atoms. The third kappa shape index (κ3) is 3.17. The van der Waals surface area contributed by atoms with Gasteiger partial charge in [0.15, 0.2) is 0 Å². The van der Waals surface area contributed by atoms with Crippen LogP contribution in [0.2, 0.25) is 0 Å². The maximum absolute atomic E-state index is 12.6. The molecule has 1 N–H and O–H groups in total. The fourth-order valence-corrected chi connectivity index (χ4v) is 1.79. The number of Topliss-reactive ketones (excluding diaryl/α,β-unsaturated/α-hetero) is 1. The number of alkyl halides is 3. The maximum atomic E-state index is 12.6. The molecule has 5 heteroatoms. The first kappa shape index (κ1) is 14.1. The van der Waals surface area contributed by atoms with Crippen molar-refractivity contribution < 1.29 is 18.0 Å². The van der Waals surface area contributed by atoms with Gasteiger partial charge >= 0.3 is 6.18 Å². The van der Waals surface area contributed by atoms with Gasteiger partial charge < -0.3 is 5.32 Å². The molecule has 0 atom stereocenters. The van der Waals surface area contributed by atoms with Crippen molar-refractivity contribution in [1.82, 2.24) is 0 Å². The summed E-state index contributed by atoms with van der Waals surface area (Å²) in [5.74, 6) is -1.85. The van der Waals surface area contributed by atoms with E-state index in [4.69, 9.17) is 0 Å². The second-order valence-electron chi connectivity index (χ2n) is 4.37. The molecule has 0 unspecified atom stereocenters. The lowest BCUT2D eigenvalue weighted by molar-refractivity contribution is -0.0884. The zero-order valence-corrected chi connectivity index (χ0v) is 10.7. The third-order valence-electron chi connectivity index (χ3n) is 2.73. The van der Waals surface area contributed by atoms with Crippen molar-refractivity contribution in [1.29, 1.82) is 0 Å². The van der Waals surface area contributed by atoms with Gasteiger partial charge in [-0.2, -0.15) is 13.2 Å². The average Bonchev–Trinajstić information content (AvgIpc) is 2.38. The molecule has 2 rings (SSSR count). The Morgan fingerprint density at radius 2 is 1.70 bits per heavy atom. The van der Waals surface area contributed by atoms with E-state index in [0.717, 1.165) is 5.56 Å². The summed E-state index contributed by atoms with van der Waals surface area (Å²) in [6, 6.07) is 12.9. The molecule has 104 valence electrons. The number of anilines is 2. The first-order valence-electron chi connectivity index (χ1n) is 5.92. The van der Waals surface area contributed by atoms with Gasteiger partial charge in [-0.15, -0.1) is 0 Å². The molecule has 0 fully saturated rings. The molecule has 20 heavy (non-hydrogen) atoms. The number of hydrogen-bond acceptors (Lipinski definition) is 2. The van der Waals surface area contributed by atoms with Crippen LogP contribution in [0.15, 0.2) is 48.5 Å². The number of ketones is 1. The average molecular weight is 279 g/mol. The van der Waals surface area contributed by atoms with Gasteiger partial charge in [-0.3, -0.25) is 4.79 Å². The van der Waals surface area contributed by atoms with E-state index in [1.54, 1.807) is 37.3 Å². The van der Waals surface area contributed by atoms with Crippen LogP contribution in [0.5, 0.6) is 0 Å². The van der Waals surface area contributed by atoms with E-state index in [1.807, 2.05) is 0 Å². The van der Waals surface area contributed by atoms with E-state index in [9.17, 15) is 18.0 Å². The fourth-order valence-electron chi connectivity index (χ4n) is 1.79. The topological polar surface area (TPSA) is 29.1 Å². The Balaban J connectivity index is 2.41. The SMILES string of the molecule is Cc1ccc(C(=O)C(F)(F)F)c(Nc2ccccc2)c1. The highest BCUT2D eigenvalue weighted by atomic mass is 19.4. The number of halogens is 3. The number of aryl methyl sites for hydroxylation is 1. The van der Waals surface area contributed by atoms with Crippen LogP contribution in [0.4, 0.5) is 24.5 Å². The van der Waals surface area contributed by atoms with Crippen molar-refractivity contribution in [3.8, 4) is 0 Å². The molecule has 0 aliphatic heterocycles. The summed E-state index contributed by atoms with van der Waals surface area (Å²) in [6.45, 7) is 1.75. The minimum atomic E-state index is -4.89. The molecular formula is C15H12F3NO. The molecule has 0 heterocycles. The summed E-state index contributed by atoms with van der Waals surface area (Å²) >= 11 is 0. The first-order valence-corrected chi connectivity index (χ1v) is 5.92. The number of hydrogen-bond donors (Lipinski definition) is 1. The van der Waals surface area contributed by atoms with Gasteiger partial charge in [0.25, 0.3) is 5.78 Å². The molecule has 0 saturated carbocycles. The van der Waals surface area contributed by atoms with Crippen LogP contribution < -0.4 is 5.32 Å². The van der Waals surface area contributed by atoms with E-state index in [-0.39, 0.29) is 11.3 Å². The summed E-state index contributed by atoms with van der Waals surface area (Å²) in [5.41, 5.74) is 1.15. The third-order valence-corrected chi connectivity index (χ3v) is 2.73. The lowest BCUT2D eigenvalue weighted by atomic mass is 10.0. The Morgan fingerprint density at radius 1 is 1.05 bits per heavy atom. The molecule has 0 aliphatic rings. The number of nitrogens with one attached hydrogen (secondary N) is 1. The van der Waals surface area contributed by atoms with Crippen LogP contribution in [-0.2, 0) is 0 Å². The molecule has 0 aromatic heterocycles. The van der Waals surface area contributed by atoms with E-state index in [2.05, 4.69) is 5.32 Å². The number of carbonyl (C=O) groups excluding carboxylic acids is 1. The van der Waals surface area contributed by atoms with E-state index in [1.165, 1.54) is 18.2 Å². The zero-order valence-electron chi connectivity index (χ0n) is 10.7. The fraction of sp³-hybridized carbons (Fsp3) is 0.133. The maximum Gasteiger partial charge on any atom is 0.454 e. The molecule has 0 radical (unpaired) electrons. The highest BCUT2D eigenvalue weighted by molar-refractivity contribution is 6.05. The quantitative estimate of drug-likeness (QED) is 0.839. The van der Waals surface area contributed by atoms with Gasteiger partial charge in [0, 0.05) is 11.4 Å². The molecule has 0 amide bonds. The highest BCUT2D eigenvalue weighted by Gasteiger charge is 2.40. The van der Waals surface area contributed by atoms with E-state index in [0.29, 0.717) is 5.69 Å². The van der Waals surface area contributed by atoms with Crippen LogP contribution >= 0.6 is 0 Å². The Kier molecular flexibility index (Phi) is 3.79. The molecule has 2 nitrogen and oxygen atoms in total. The van der Waals surface area contributed by atoms with Gasteiger partial charge in [-0.1, -0.05) is 24.3 Å². The van der Waals surface area contributed by atoms with Gasteiger partial charge in [-0.05, 0) is 36.8 Å². The number of para-hydroxylation sites is 1. The molecule has 0 bridgehead atoms. The number of benzene rings is 2. The van der Waals surface area contributed by atoms with E-state index < -0.39 is 12.0 Å². The highest BCUT2D eigenvalue weighted by Crippen LogP contribution is 2.29. The van der Waals surface area contributed by atoms with Gasteiger partial charge in [-0.25, -0.2) is 0 Å². The van der Waals surface area contributed by atoms with Crippen molar-refractivity contribution in [2.45, 2.75) is 13.1 Å². The molecule has 0 saturated heterocycles. The molecular weight excluding hydrogens is 267 g/mol. The Labute approximate surface area is 114 Å². The lowest BCUT2D eigenvalue weighted by Gasteiger charge is -2.13. The molecule has 2 aromatic rings. The summed E-state index contributed by atoms with van der Waals surface area (Å²) in [7, 11) is 0. The Hall–Kier alpha value is -2.30. The van der Waals surface area contributed by atoms with Crippen LogP contribution in [-0.4, -0.2) is 12.0 Å². The van der Waals surface area contributed by atoms with Crippen molar-refractivity contribution >= 4 is 17.2 Å². The van der Waals surface area contributed by atoms with Crippen molar-refractivity contribution in [2.75, 3.05) is 5.32 Å². The minimum Gasteiger partial charge on any atom is -0.355 e. The van der Waals surface area contributed by atoms with Crippen molar-refractivity contribution in [2.24, 2.45) is 0 Å². The van der Waals surface area contributed by atoms with Crippen LogP contribution in [0, 0.1) is 6.92 Å². The predicted octanol–water partition coefficient (Wildman–Crippen LogP) is 4.48. The second kappa shape index (κ2) is 5.36. The largest absolute Gasteiger partial charge is 0.454 e.